The molecule has 1 heterocycles. The van der Waals surface area contributed by atoms with E-state index in [0.717, 1.165) is 37.8 Å². The largest absolute Gasteiger partial charge is 0.309 e. The van der Waals surface area contributed by atoms with Gasteiger partial charge >= 0.3 is 0 Å². The van der Waals surface area contributed by atoms with Gasteiger partial charge in [-0.25, -0.2) is 8.42 Å². The van der Waals surface area contributed by atoms with Crippen LogP contribution in [0.2, 0.25) is 0 Å². The lowest BCUT2D eigenvalue weighted by molar-refractivity contribution is -0.119. The lowest BCUT2D eigenvalue weighted by Gasteiger charge is -2.33. The molecule has 0 aromatic heterocycles. The Morgan fingerprint density at radius 3 is 2.56 bits per heavy atom. The van der Waals surface area contributed by atoms with E-state index in [2.05, 4.69) is 6.07 Å². The van der Waals surface area contributed by atoms with E-state index in [4.69, 9.17) is 0 Å². The van der Waals surface area contributed by atoms with Gasteiger partial charge in [-0.3, -0.25) is 4.79 Å². The third-order valence-corrected chi connectivity index (χ3v) is 6.76. The SMILES string of the molecule is CC1Cc2ccccc2N1C(=O)CCN(C1CCCCC1)S(C)(=O)=O. The van der Waals surface area contributed by atoms with Crippen LogP contribution in [0.5, 0.6) is 0 Å². The Kier molecular flexibility index (Phi) is 5.49. The Hall–Kier alpha value is -1.40. The molecular formula is C19H28N2O3S. The molecule has 0 bridgehead atoms. The standard InChI is InChI=1S/C19H28N2O3S/c1-15-14-16-8-6-7-11-18(16)21(15)19(22)12-13-20(25(2,23)24)17-9-4-3-5-10-17/h6-8,11,15,17H,3-5,9-10,12-14H2,1-2H3. The summed E-state index contributed by atoms with van der Waals surface area (Å²) in [6.07, 6.45) is 7.49. The van der Waals surface area contributed by atoms with E-state index in [0.29, 0.717) is 0 Å². The Balaban J connectivity index is 1.69. The maximum Gasteiger partial charge on any atom is 0.228 e. The molecule has 1 aliphatic heterocycles. The molecule has 3 rings (SSSR count). The van der Waals surface area contributed by atoms with E-state index >= 15 is 0 Å². The second-order valence-corrected chi connectivity index (χ2v) is 9.30. The van der Waals surface area contributed by atoms with Gasteiger partial charge in [-0.05, 0) is 37.8 Å². The number of para-hydroxylation sites is 1. The van der Waals surface area contributed by atoms with Gasteiger partial charge in [0.1, 0.15) is 0 Å². The molecule has 2 aliphatic rings. The molecular weight excluding hydrogens is 336 g/mol. The molecule has 138 valence electrons. The van der Waals surface area contributed by atoms with Crippen LogP contribution in [0.25, 0.3) is 0 Å². The second-order valence-electron chi connectivity index (χ2n) is 7.36. The van der Waals surface area contributed by atoms with Crippen LogP contribution >= 0.6 is 0 Å². The summed E-state index contributed by atoms with van der Waals surface area (Å²) in [7, 11) is -3.30. The molecule has 25 heavy (non-hydrogen) atoms. The lowest BCUT2D eigenvalue weighted by Crippen LogP contribution is -2.44. The summed E-state index contributed by atoms with van der Waals surface area (Å²) in [5, 5.41) is 0. The fourth-order valence-electron chi connectivity index (χ4n) is 4.26. The van der Waals surface area contributed by atoms with Gasteiger partial charge in [0.05, 0.1) is 6.26 Å². The van der Waals surface area contributed by atoms with E-state index in [1.807, 2.05) is 30.0 Å². The minimum absolute atomic E-state index is 0.0157. The van der Waals surface area contributed by atoms with Crippen molar-refractivity contribution in [3.05, 3.63) is 29.8 Å². The topological polar surface area (TPSA) is 57.7 Å². The van der Waals surface area contributed by atoms with Gasteiger partial charge < -0.3 is 4.90 Å². The summed E-state index contributed by atoms with van der Waals surface area (Å²) >= 11 is 0. The summed E-state index contributed by atoms with van der Waals surface area (Å²) < 4.78 is 26.0. The van der Waals surface area contributed by atoms with Crippen molar-refractivity contribution in [2.24, 2.45) is 0 Å². The number of hydrogen-bond donors (Lipinski definition) is 0. The Labute approximate surface area is 151 Å². The smallest absolute Gasteiger partial charge is 0.228 e. The van der Waals surface area contributed by atoms with Crippen LogP contribution in [-0.4, -0.2) is 43.5 Å². The van der Waals surface area contributed by atoms with Crippen molar-refractivity contribution in [2.75, 3.05) is 17.7 Å². The zero-order valence-electron chi connectivity index (χ0n) is 15.1. The van der Waals surface area contributed by atoms with Crippen LogP contribution < -0.4 is 4.90 Å². The molecule has 1 aliphatic carbocycles. The van der Waals surface area contributed by atoms with Crippen LogP contribution in [0.15, 0.2) is 24.3 Å². The van der Waals surface area contributed by atoms with Crippen molar-refractivity contribution in [1.29, 1.82) is 0 Å². The zero-order chi connectivity index (χ0) is 18.0. The minimum Gasteiger partial charge on any atom is -0.309 e. The van der Waals surface area contributed by atoms with Gasteiger partial charge in [-0.2, -0.15) is 4.31 Å². The number of carbonyl (C=O) groups excluding carboxylic acids is 1. The van der Waals surface area contributed by atoms with E-state index < -0.39 is 10.0 Å². The quantitative estimate of drug-likeness (QED) is 0.807. The number of anilines is 1. The highest BCUT2D eigenvalue weighted by molar-refractivity contribution is 7.88. The number of amides is 1. The summed E-state index contributed by atoms with van der Waals surface area (Å²) in [4.78, 5) is 14.7. The van der Waals surface area contributed by atoms with Crippen LogP contribution in [0.4, 0.5) is 5.69 Å². The molecule has 0 radical (unpaired) electrons. The van der Waals surface area contributed by atoms with Gasteiger partial charge in [0, 0.05) is 30.7 Å². The molecule has 1 aromatic rings. The van der Waals surface area contributed by atoms with Crippen molar-refractivity contribution in [3.8, 4) is 0 Å². The van der Waals surface area contributed by atoms with Crippen molar-refractivity contribution >= 4 is 21.6 Å². The number of benzene rings is 1. The first-order valence-electron chi connectivity index (χ1n) is 9.24. The lowest BCUT2D eigenvalue weighted by atomic mass is 9.95. The maximum absolute atomic E-state index is 12.8. The number of carbonyl (C=O) groups is 1. The Bertz CT molecular complexity index is 726. The Morgan fingerprint density at radius 2 is 1.88 bits per heavy atom. The van der Waals surface area contributed by atoms with E-state index in [1.54, 1.807) is 4.31 Å². The van der Waals surface area contributed by atoms with E-state index in [9.17, 15) is 13.2 Å². The molecule has 0 saturated heterocycles. The van der Waals surface area contributed by atoms with Crippen molar-refractivity contribution in [2.45, 2.75) is 64.0 Å². The summed E-state index contributed by atoms with van der Waals surface area (Å²) in [6, 6.07) is 8.16. The number of sulfonamides is 1. The number of nitrogens with zero attached hydrogens (tertiary/aromatic N) is 2. The molecule has 1 aromatic carbocycles. The summed E-state index contributed by atoms with van der Waals surface area (Å²) in [5.41, 5.74) is 2.17. The van der Waals surface area contributed by atoms with E-state index in [1.165, 1.54) is 18.2 Å². The second kappa shape index (κ2) is 7.46. The van der Waals surface area contributed by atoms with Gasteiger partial charge in [-0.1, -0.05) is 37.5 Å². The van der Waals surface area contributed by atoms with Crippen molar-refractivity contribution < 1.29 is 13.2 Å². The molecule has 0 N–H and O–H groups in total. The van der Waals surface area contributed by atoms with Crippen LogP contribution in [0.3, 0.4) is 0 Å². The van der Waals surface area contributed by atoms with Crippen molar-refractivity contribution in [3.63, 3.8) is 0 Å². The molecule has 5 nitrogen and oxygen atoms in total. The molecule has 6 heteroatoms. The normalized spacial score (nSPS) is 21.6. The van der Waals surface area contributed by atoms with Crippen LogP contribution in [0.1, 0.15) is 51.0 Å². The number of rotatable bonds is 5. The van der Waals surface area contributed by atoms with Crippen LogP contribution in [0, 0.1) is 0 Å². The van der Waals surface area contributed by atoms with E-state index in [-0.39, 0.29) is 31.0 Å². The number of hydrogen-bond acceptors (Lipinski definition) is 3. The monoisotopic (exact) mass is 364 g/mol. The number of fused-ring (bicyclic) bond motifs is 1. The fourth-order valence-corrected chi connectivity index (χ4v) is 5.44. The Morgan fingerprint density at radius 1 is 1.20 bits per heavy atom. The molecule has 1 amide bonds. The highest BCUT2D eigenvalue weighted by Crippen LogP contribution is 2.32. The first-order chi connectivity index (χ1) is 11.9. The highest BCUT2D eigenvalue weighted by atomic mass is 32.2. The third kappa shape index (κ3) is 4.06. The predicted octanol–water partition coefficient (Wildman–Crippen LogP) is 2.95. The highest BCUT2D eigenvalue weighted by Gasteiger charge is 2.33. The average Bonchev–Trinajstić information content (AvgIpc) is 2.90. The summed E-state index contributed by atoms with van der Waals surface area (Å²) in [5.74, 6) is 0.0157. The molecule has 1 unspecified atom stereocenters. The average molecular weight is 365 g/mol. The minimum atomic E-state index is -3.30. The fraction of sp³-hybridized carbons (Fsp3) is 0.632. The van der Waals surface area contributed by atoms with Crippen LogP contribution in [-0.2, 0) is 21.2 Å². The molecule has 1 atom stereocenters. The van der Waals surface area contributed by atoms with Gasteiger partial charge in [0.15, 0.2) is 0 Å². The summed E-state index contributed by atoms with van der Waals surface area (Å²) in [6.45, 7) is 2.33. The zero-order valence-corrected chi connectivity index (χ0v) is 16.0. The predicted molar refractivity (Wildman–Crippen MR) is 100 cm³/mol. The van der Waals surface area contributed by atoms with Gasteiger partial charge in [0.2, 0.25) is 15.9 Å². The van der Waals surface area contributed by atoms with Gasteiger partial charge in [0.25, 0.3) is 0 Å². The molecule has 0 spiro atoms. The first kappa shape index (κ1) is 18.4. The first-order valence-corrected chi connectivity index (χ1v) is 11.1. The molecule has 1 fully saturated rings. The van der Waals surface area contributed by atoms with Crippen molar-refractivity contribution in [1.82, 2.24) is 4.31 Å². The third-order valence-electron chi connectivity index (χ3n) is 5.43. The van der Waals surface area contributed by atoms with Gasteiger partial charge in [-0.15, -0.1) is 0 Å². The molecule has 1 saturated carbocycles. The maximum atomic E-state index is 12.8.